The molecule has 3 N–H and O–H groups in total. The van der Waals surface area contributed by atoms with Crippen molar-refractivity contribution in [1.29, 1.82) is 0 Å². The minimum Gasteiger partial charge on any atom is -0.380 e. The first-order valence-corrected chi connectivity index (χ1v) is 6.48. The maximum Gasteiger partial charge on any atom is 0.0639 e. The van der Waals surface area contributed by atoms with Crippen LogP contribution in [-0.2, 0) is 11.2 Å². The summed E-state index contributed by atoms with van der Waals surface area (Å²) in [6.07, 6.45) is 3.38. The van der Waals surface area contributed by atoms with Crippen LogP contribution in [0, 0.1) is 0 Å². The molecule has 2 rings (SSSR count). The Morgan fingerprint density at radius 3 is 3.06 bits per heavy atom. The van der Waals surface area contributed by atoms with E-state index >= 15 is 0 Å². The van der Waals surface area contributed by atoms with Crippen molar-refractivity contribution < 1.29 is 4.74 Å². The fourth-order valence-corrected chi connectivity index (χ4v) is 2.64. The SMILES string of the molecule is CCCOCC(NN)C1CCc2ccccc21. The molecule has 0 aliphatic heterocycles. The quantitative estimate of drug-likeness (QED) is 0.449. The Balaban J connectivity index is 2.01. The summed E-state index contributed by atoms with van der Waals surface area (Å²) < 4.78 is 5.62. The van der Waals surface area contributed by atoms with Crippen LogP contribution in [0.25, 0.3) is 0 Å². The van der Waals surface area contributed by atoms with Crippen LogP contribution in [0.2, 0.25) is 0 Å². The molecule has 0 bridgehead atoms. The van der Waals surface area contributed by atoms with Gasteiger partial charge in [-0.25, -0.2) is 0 Å². The van der Waals surface area contributed by atoms with Gasteiger partial charge in [-0.1, -0.05) is 31.2 Å². The minimum atomic E-state index is 0.227. The predicted molar refractivity (Wildman–Crippen MR) is 69.7 cm³/mol. The molecule has 0 saturated heterocycles. The van der Waals surface area contributed by atoms with Crippen molar-refractivity contribution in [3.8, 4) is 0 Å². The van der Waals surface area contributed by atoms with E-state index in [-0.39, 0.29) is 6.04 Å². The van der Waals surface area contributed by atoms with E-state index < -0.39 is 0 Å². The molecule has 3 heteroatoms. The number of nitrogens with two attached hydrogens (primary N) is 1. The number of hydrogen-bond donors (Lipinski definition) is 2. The Hall–Kier alpha value is -0.900. The Kier molecular flexibility index (Phi) is 4.54. The van der Waals surface area contributed by atoms with Gasteiger partial charge in [0.1, 0.15) is 0 Å². The van der Waals surface area contributed by atoms with Crippen molar-refractivity contribution in [2.24, 2.45) is 5.84 Å². The van der Waals surface area contributed by atoms with Crippen LogP contribution in [0.3, 0.4) is 0 Å². The molecule has 1 aromatic rings. The monoisotopic (exact) mass is 234 g/mol. The van der Waals surface area contributed by atoms with Crippen LogP contribution in [0.1, 0.15) is 36.8 Å². The van der Waals surface area contributed by atoms with Gasteiger partial charge in [0.2, 0.25) is 0 Å². The van der Waals surface area contributed by atoms with Crippen LogP contribution in [0.4, 0.5) is 0 Å². The molecule has 2 unspecified atom stereocenters. The third-order valence-corrected chi connectivity index (χ3v) is 3.52. The molecule has 17 heavy (non-hydrogen) atoms. The lowest BCUT2D eigenvalue weighted by Crippen LogP contribution is -2.42. The average molecular weight is 234 g/mol. The molecule has 1 aliphatic carbocycles. The Bertz CT molecular complexity index is 354. The van der Waals surface area contributed by atoms with Gasteiger partial charge < -0.3 is 4.74 Å². The number of hydrazine groups is 1. The van der Waals surface area contributed by atoms with Crippen LogP contribution in [-0.4, -0.2) is 19.3 Å². The van der Waals surface area contributed by atoms with E-state index in [2.05, 4.69) is 36.6 Å². The van der Waals surface area contributed by atoms with Gasteiger partial charge in [0, 0.05) is 12.5 Å². The highest BCUT2D eigenvalue weighted by Gasteiger charge is 2.28. The molecular weight excluding hydrogens is 212 g/mol. The first-order valence-electron chi connectivity index (χ1n) is 6.48. The lowest BCUT2D eigenvalue weighted by atomic mass is 9.94. The second-order valence-electron chi connectivity index (χ2n) is 4.69. The van der Waals surface area contributed by atoms with Gasteiger partial charge in [0.25, 0.3) is 0 Å². The predicted octanol–water partition coefficient (Wildman–Crippen LogP) is 1.97. The number of benzene rings is 1. The Morgan fingerprint density at radius 1 is 1.47 bits per heavy atom. The van der Waals surface area contributed by atoms with E-state index in [1.54, 1.807) is 0 Å². The minimum absolute atomic E-state index is 0.227. The van der Waals surface area contributed by atoms with Gasteiger partial charge >= 0.3 is 0 Å². The van der Waals surface area contributed by atoms with Crippen molar-refractivity contribution in [1.82, 2.24) is 5.43 Å². The van der Waals surface area contributed by atoms with Gasteiger partial charge in [-0.2, -0.15) is 0 Å². The summed E-state index contributed by atoms with van der Waals surface area (Å²) in [5, 5.41) is 0. The molecule has 1 aliphatic rings. The maximum atomic E-state index is 5.66. The van der Waals surface area contributed by atoms with Crippen molar-refractivity contribution in [2.45, 2.75) is 38.1 Å². The van der Waals surface area contributed by atoms with Crippen LogP contribution in [0.5, 0.6) is 0 Å². The lowest BCUT2D eigenvalue weighted by molar-refractivity contribution is 0.104. The topological polar surface area (TPSA) is 47.3 Å². The molecular formula is C14H22N2O. The van der Waals surface area contributed by atoms with Crippen LogP contribution in [0.15, 0.2) is 24.3 Å². The largest absolute Gasteiger partial charge is 0.380 e. The van der Waals surface area contributed by atoms with E-state index in [9.17, 15) is 0 Å². The molecule has 1 aromatic carbocycles. The first-order chi connectivity index (χ1) is 8.36. The summed E-state index contributed by atoms with van der Waals surface area (Å²) in [4.78, 5) is 0. The van der Waals surface area contributed by atoms with E-state index in [0.29, 0.717) is 12.5 Å². The highest BCUT2D eigenvalue weighted by atomic mass is 16.5. The number of nitrogens with one attached hydrogen (secondary N) is 1. The van der Waals surface area contributed by atoms with Crippen molar-refractivity contribution in [2.75, 3.05) is 13.2 Å². The van der Waals surface area contributed by atoms with Crippen molar-refractivity contribution in [3.63, 3.8) is 0 Å². The van der Waals surface area contributed by atoms with E-state index in [1.165, 1.54) is 17.5 Å². The molecule has 94 valence electrons. The summed E-state index contributed by atoms with van der Waals surface area (Å²) >= 11 is 0. The molecule has 3 nitrogen and oxygen atoms in total. The highest BCUT2D eigenvalue weighted by molar-refractivity contribution is 5.36. The summed E-state index contributed by atoms with van der Waals surface area (Å²) in [5.74, 6) is 6.16. The molecule has 0 radical (unpaired) electrons. The van der Waals surface area contributed by atoms with Gasteiger partial charge in [0.15, 0.2) is 0 Å². The van der Waals surface area contributed by atoms with E-state index in [0.717, 1.165) is 19.4 Å². The van der Waals surface area contributed by atoms with E-state index in [4.69, 9.17) is 10.6 Å². The molecule has 0 aromatic heterocycles. The second-order valence-corrected chi connectivity index (χ2v) is 4.69. The molecule has 0 amide bonds. The van der Waals surface area contributed by atoms with Gasteiger partial charge in [0.05, 0.1) is 12.6 Å². The lowest BCUT2D eigenvalue weighted by Gasteiger charge is -2.23. The number of ether oxygens (including phenoxy) is 1. The zero-order valence-electron chi connectivity index (χ0n) is 10.5. The van der Waals surface area contributed by atoms with Gasteiger partial charge in [-0.15, -0.1) is 0 Å². The number of fused-ring (bicyclic) bond motifs is 1. The fraction of sp³-hybridized carbons (Fsp3) is 0.571. The smallest absolute Gasteiger partial charge is 0.0639 e. The van der Waals surface area contributed by atoms with Crippen LogP contribution < -0.4 is 11.3 Å². The summed E-state index contributed by atoms with van der Waals surface area (Å²) in [6, 6.07) is 8.88. The Labute approximate surface area is 103 Å². The van der Waals surface area contributed by atoms with Crippen molar-refractivity contribution >= 4 is 0 Å². The van der Waals surface area contributed by atoms with Gasteiger partial charge in [-0.05, 0) is 30.4 Å². The Morgan fingerprint density at radius 2 is 2.29 bits per heavy atom. The molecule has 2 atom stereocenters. The zero-order chi connectivity index (χ0) is 12.1. The van der Waals surface area contributed by atoms with E-state index in [1.807, 2.05) is 0 Å². The van der Waals surface area contributed by atoms with Crippen molar-refractivity contribution in [3.05, 3.63) is 35.4 Å². The standard InChI is InChI=1S/C14H22N2O/c1-2-9-17-10-14(16-15)13-8-7-11-5-3-4-6-12(11)13/h3-6,13-14,16H,2,7-10,15H2,1H3. The first kappa shape index (κ1) is 12.6. The number of rotatable bonds is 6. The van der Waals surface area contributed by atoms with Crippen LogP contribution >= 0.6 is 0 Å². The molecule has 0 spiro atoms. The highest BCUT2D eigenvalue weighted by Crippen LogP contribution is 2.35. The third-order valence-electron chi connectivity index (χ3n) is 3.52. The second kappa shape index (κ2) is 6.15. The molecule has 0 saturated carbocycles. The molecule has 0 fully saturated rings. The number of hydrogen-bond acceptors (Lipinski definition) is 3. The maximum absolute atomic E-state index is 5.66. The number of aryl methyl sites for hydroxylation is 1. The summed E-state index contributed by atoms with van der Waals surface area (Å²) in [7, 11) is 0. The fourth-order valence-electron chi connectivity index (χ4n) is 2.64. The average Bonchev–Trinajstić information content (AvgIpc) is 2.79. The summed E-state index contributed by atoms with van der Waals surface area (Å²) in [6.45, 7) is 3.63. The normalized spacial score (nSPS) is 20.2. The third kappa shape index (κ3) is 2.86. The summed E-state index contributed by atoms with van der Waals surface area (Å²) in [5.41, 5.74) is 5.83. The molecule has 0 heterocycles. The van der Waals surface area contributed by atoms with Gasteiger partial charge in [-0.3, -0.25) is 11.3 Å². The zero-order valence-corrected chi connectivity index (χ0v) is 10.5.